The van der Waals surface area contributed by atoms with Gasteiger partial charge in [0.05, 0.1) is 15.6 Å². The molecule has 0 aliphatic carbocycles. The van der Waals surface area contributed by atoms with Crippen LogP contribution in [0.3, 0.4) is 0 Å². The topological polar surface area (TPSA) is 17.1 Å². The van der Waals surface area contributed by atoms with Crippen molar-refractivity contribution in [3.63, 3.8) is 0 Å². The smallest absolute Gasteiger partial charge is 0.298 e. The van der Waals surface area contributed by atoms with Crippen LogP contribution in [-0.2, 0) is 6.18 Å². The van der Waals surface area contributed by atoms with Crippen LogP contribution in [0.1, 0.15) is 15.9 Å². The molecule has 0 saturated heterocycles. The van der Waals surface area contributed by atoms with Crippen molar-refractivity contribution in [2.24, 2.45) is 0 Å². The molecule has 0 unspecified atom stereocenters. The quantitative estimate of drug-likeness (QED) is 0.685. The van der Waals surface area contributed by atoms with Crippen molar-refractivity contribution in [1.29, 1.82) is 0 Å². The number of benzene rings is 1. The van der Waals surface area contributed by atoms with E-state index in [1.165, 1.54) is 0 Å². The fourth-order valence-corrected chi connectivity index (χ4v) is 1.36. The molecular weight excluding hydrogens is 240 g/mol. The lowest BCUT2D eigenvalue weighted by Crippen LogP contribution is -2.06. The minimum Gasteiger partial charge on any atom is -0.298 e. The predicted octanol–water partition coefficient (Wildman–Crippen LogP) is 3.82. The van der Waals surface area contributed by atoms with Gasteiger partial charge in [0, 0.05) is 5.56 Å². The van der Waals surface area contributed by atoms with Crippen LogP contribution < -0.4 is 0 Å². The van der Waals surface area contributed by atoms with Crippen LogP contribution >= 0.6 is 23.2 Å². The molecule has 76 valence electrons. The zero-order valence-corrected chi connectivity index (χ0v) is 8.04. The van der Waals surface area contributed by atoms with Gasteiger partial charge in [-0.3, -0.25) is 4.79 Å². The van der Waals surface area contributed by atoms with Gasteiger partial charge in [0.1, 0.15) is 0 Å². The summed E-state index contributed by atoms with van der Waals surface area (Å²) < 4.78 is 36.7. The molecule has 0 saturated carbocycles. The van der Waals surface area contributed by atoms with Crippen molar-refractivity contribution in [3.05, 3.63) is 33.3 Å². The molecule has 0 atom stereocenters. The second kappa shape index (κ2) is 3.79. The Morgan fingerprint density at radius 2 is 1.71 bits per heavy atom. The van der Waals surface area contributed by atoms with E-state index in [0.29, 0.717) is 6.29 Å². The lowest BCUT2D eigenvalue weighted by molar-refractivity contribution is -0.137. The monoisotopic (exact) mass is 242 g/mol. The summed E-state index contributed by atoms with van der Waals surface area (Å²) in [5.41, 5.74) is -1.11. The summed E-state index contributed by atoms with van der Waals surface area (Å²) in [5, 5.41) is -1.03. The third-order valence-electron chi connectivity index (χ3n) is 1.54. The van der Waals surface area contributed by atoms with Gasteiger partial charge in [0.25, 0.3) is 0 Å². The van der Waals surface area contributed by atoms with Gasteiger partial charge in [-0.2, -0.15) is 13.2 Å². The molecule has 0 aliphatic heterocycles. The van der Waals surface area contributed by atoms with Crippen LogP contribution in [0.25, 0.3) is 0 Å². The summed E-state index contributed by atoms with van der Waals surface area (Å²) in [4.78, 5) is 10.3. The maximum Gasteiger partial charge on any atom is 0.417 e. The second-order valence-corrected chi connectivity index (χ2v) is 3.20. The van der Waals surface area contributed by atoms with Gasteiger partial charge in [-0.05, 0) is 12.1 Å². The van der Waals surface area contributed by atoms with E-state index >= 15 is 0 Å². The lowest BCUT2D eigenvalue weighted by Gasteiger charge is -2.10. The number of alkyl halides is 3. The lowest BCUT2D eigenvalue weighted by atomic mass is 10.1. The Bertz CT molecular complexity index is 374. The number of hydrogen-bond acceptors (Lipinski definition) is 1. The summed E-state index contributed by atoms with van der Waals surface area (Å²) in [6, 6.07) is 1.70. The first-order valence-corrected chi connectivity index (χ1v) is 4.14. The van der Waals surface area contributed by atoms with Crippen LogP contribution in [0.5, 0.6) is 0 Å². The van der Waals surface area contributed by atoms with Crippen molar-refractivity contribution < 1.29 is 18.0 Å². The first kappa shape index (κ1) is 11.3. The second-order valence-electron chi connectivity index (χ2n) is 2.45. The molecule has 0 N–H and O–H groups in total. The Balaban J connectivity index is 3.38. The molecule has 0 aromatic heterocycles. The largest absolute Gasteiger partial charge is 0.417 e. The first-order valence-electron chi connectivity index (χ1n) is 3.38. The van der Waals surface area contributed by atoms with Gasteiger partial charge in [-0.1, -0.05) is 23.2 Å². The zero-order valence-electron chi connectivity index (χ0n) is 6.53. The number of carbonyl (C=O) groups is 1. The molecule has 6 heteroatoms. The minimum absolute atomic E-state index is 0.0651. The van der Waals surface area contributed by atoms with Crippen LogP contribution in [0, 0.1) is 0 Å². The van der Waals surface area contributed by atoms with Crippen molar-refractivity contribution in [1.82, 2.24) is 0 Å². The van der Waals surface area contributed by atoms with Crippen LogP contribution in [0.2, 0.25) is 10.0 Å². The Morgan fingerprint density at radius 1 is 1.14 bits per heavy atom. The van der Waals surface area contributed by atoms with Crippen molar-refractivity contribution >= 4 is 29.5 Å². The van der Waals surface area contributed by atoms with Crippen molar-refractivity contribution in [3.8, 4) is 0 Å². The molecule has 0 fully saturated rings. The summed E-state index contributed by atoms with van der Waals surface area (Å²) in [6.45, 7) is 0. The summed E-state index contributed by atoms with van der Waals surface area (Å²) >= 11 is 10.8. The average molecular weight is 243 g/mol. The molecule has 0 spiro atoms. The summed E-state index contributed by atoms with van der Waals surface area (Å²) in [5.74, 6) is 0. The average Bonchev–Trinajstić information content (AvgIpc) is 2.07. The van der Waals surface area contributed by atoms with E-state index in [4.69, 9.17) is 23.2 Å². The number of aldehydes is 1. The van der Waals surface area contributed by atoms with Crippen LogP contribution in [0.15, 0.2) is 12.1 Å². The predicted molar refractivity (Wildman–Crippen MR) is 46.9 cm³/mol. The molecule has 0 radical (unpaired) electrons. The van der Waals surface area contributed by atoms with Gasteiger partial charge in [-0.25, -0.2) is 0 Å². The highest BCUT2D eigenvalue weighted by Crippen LogP contribution is 2.39. The van der Waals surface area contributed by atoms with Crippen molar-refractivity contribution in [2.75, 3.05) is 0 Å². The summed E-state index contributed by atoms with van der Waals surface area (Å²) in [6.07, 6.45) is -4.23. The van der Waals surface area contributed by atoms with E-state index < -0.39 is 16.8 Å². The molecule has 0 bridgehead atoms. The molecule has 1 aromatic rings. The van der Waals surface area contributed by atoms with Crippen molar-refractivity contribution in [2.45, 2.75) is 6.18 Å². The highest BCUT2D eigenvalue weighted by Gasteiger charge is 2.34. The standard InChI is InChI=1S/C8H3Cl2F3O/c9-6-4(3-14)1-2-5(7(6)10)8(11,12)13/h1-3H. The van der Waals surface area contributed by atoms with E-state index in [1.54, 1.807) is 0 Å². The first-order chi connectivity index (χ1) is 6.38. The fraction of sp³-hybridized carbons (Fsp3) is 0.125. The van der Waals surface area contributed by atoms with E-state index in [1.807, 2.05) is 0 Å². The molecule has 14 heavy (non-hydrogen) atoms. The highest BCUT2D eigenvalue weighted by atomic mass is 35.5. The van der Waals surface area contributed by atoms with Gasteiger partial charge in [-0.15, -0.1) is 0 Å². The normalized spacial score (nSPS) is 11.5. The van der Waals surface area contributed by atoms with Gasteiger partial charge < -0.3 is 0 Å². The van der Waals surface area contributed by atoms with E-state index in [9.17, 15) is 18.0 Å². The van der Waals surface area contributed by atoms with Gasteiger partial charge >= 0.3 is 6.18 Å². The maximum atomic E-state index is 12.2. The van der Waals surface area contributed by atoms with E-state index in [0.717, 1.165) is 12.1 Å². The van der Waals surface area contributed by atoms with Gasteiger partial charge in [0.15, 0.2) is 6.29 Å². The molecule has 1 aromatic carbocycles. The number of halogens is 5. The van der Waals surface area contributed by atoms with E-state index in [-0.39, 0.29) is 10.6 Å². The molecular formula is C8H3Cl2F3O. The fourth-order valence-electron chi connectivity index (χ4n) is 0.874. The molecule has 1 rings (SSSR count). The maximum absolute atomic E-state index is 12.2. The van der Waals surface area contributed by atoms with Crippen LogP contribution in [-0.4, -0.2) is 6.29 Å². The molecule has 1 nitrogen and oxygen atoms in total. The third-order valence-corrected chi connectivity index (χ3v) is 2.44. The number of rotatable bonds is 1. The Labute approximate surface area is 87.4 Å². The van der Waals surface area contributed by atoms with Gasteiger partial charge in [0.2, 0.25) is 0 Å². The summed E-state index contributed by atoms with van der Waals surface area (Å²) in [7, 11) is 0. The van der Waals surface area contributed by atoms with E-state index in [2.05, 4.69) is 0 Å². The van der Waals surface area contributed by atoms with Crippen LogP contribution in [0.4, 0.5) is 13.2 Å². The minimum atomic E-state index is -4.57. The highest BCUT2D eigenvalue weighted by molar-refractivity contribution is 6.43. The number of hydrogen-bond donors (Lipinski definition) is 0. The Morgan fingerprint density at radius 3 is 2.14 bits per heavy atom. The molecule has 0 heterocycles. The zero-order chi connectivity index (χ0) is 10.9. The Hall–Kier alpha value is -0.740. The third kappa shape index (κ3) is 2.01. The Kier molecular flexibility index (Phi) is 3.07. The molecule has 0 aliphatic rings. The SMILES string of the molecule is O=Cc1ccc(C(F)(F)F)c(Cl)c1Cl. The number of carbonyl (C=O) groups excluding carboxylic acids is 1. The molecule has 0 amide bonds.